The Morgan fingerprint density at radius 2 is 1.71 bits per heavy atom. The Labute approximate surface area is 209 Å². The maximum atomic E-state index is 13.8. The van der Waals surface area contributed by atoms with Crippen molar-refractivity contribution < 1.29 is 31.3 Å². The second-order valence-electron chi connectivity index (χ2n) is 8.73. The Morgan fingerprint density at radius 1 is 1.09 bits per heavy atom. The number of hydrogen-bond donors (Lipinski definition) is 2. The Morgan fingerprint density at radius 3 is 2.20 bits per heavy atom. The topological polar surface area (TPSA) is 52.6 Å². The number of nitrogens with zero attached hydrogens (tertiary/aromatic N) is 1. The number of rotatable bonds is 6. The van der Waals surface area contributed by atoms with Gasteiger partial charge in [-0.3, -0.25) is 9.03 Å². The molecule has 2 N–H and O–H groups in total. The van der Waals surface area contributed by atoms with Crippen LogP contribution in [0.1, 0.15) is 42.9 Å². The molecule has 1 aliphatic heterocycles. The van der Waals surface area contributed by atoms with Gasteiger partial charge in [-0.25, -0.2) is 13.0 Å². The third-order valence-electron chi connectivity index (χ3n) is 5.85. The number of aliphatic hydroxyl groups is 1. The van der Waals surface area contributed by atoms with E-state index in [1.807, 2.05) is 25.9 Å². The summed E-state index contributed by atoms with van der Waals surface area (Å²) in [7, 11) is 0.374. The van der Waals surface area contributed by atoms with Gasteiger partial charge in [0.05, 0.1) is 10.6 Å². The first-order valence-corrected chi connectivity index (χ1v) is 13.2. The van der Waals surface area contributed by atoms with Gasteiger partial charge in [0.25, 0.3) is 5.92 Å². The van der Waals surface area contributed by atoms with Gasteiger partial charge < -0.3 is 5.11 Å². The molecule has 0 bridgehead atoms. The van der Waals surface area contributed by atoms with Crippen LogP contribution in [0.25, 0.3) is 0 Å². The van der Waals surface area contributed by atoms with E-state index in [4.69, 9.17) is 0 Å². The van der Waals surface area contributed by atoms with Gasteiger partial charge in [-0.2, -0.15) is 13.2 Å². The molecular weight excluding hydrogens is 507 g/mol. The molecule has 35 heavy (non-hydrogen) atoms. The fourth-order valence-corrected chi connectivity index (χ4v) is 5.74. The summed E-state index contributed by atoms with van der Waals surface area (Å²) in [5.74, 6) is -4.45. The average molecular weight is 537 g/mol. The highest BCUT2D eigenvalue weighted by molar-refractivity contribution is 7.98. The van der Waals surface area contributed by atoms with Crippen LogP contribution in [-0.4, -0.2) is 40.3 Å². The Hall–Kier alpha value is -1.69. The summed E-state index contributed by atoms with van der Waals surface area (Å²) in [6.45, 7) is 2.33. The summed E-state index contributed by atoms with van der Waals surface area (Å²) >= 11 is 1.85. The standard InChI is InChI=1S/C20H20F5NO2S.C4H9NS/c1-13-5-8-16(9-6-13)29(28)26-11-3-4-14-12-15(7-10-17(14)26)19(27,18(2,21)22)20(23,24)25;1-5-6-4-2-3-4/h5-10,12,27H,3-4,11H2,1-2H3;4-5H,2-3H2,1H3. The minimum Gasteiger partial charge on any atom is -0.372 e. The zero-order chi connectivity index (χ0) is 26.0. The number of halogens is 5. The van der Waals surface area contributed by atoms with Crippen LogP contribution in [0.3, 0.4) is 0 Å². The molecule has 194 valence electrons. The molecule has 2 aliphatic rings. The molecule has 2 atom stereocenters. The molecule has 2 unspecified atom stereocenters. The molecule has 0 radical (unpaired) electrons. The number of hydrogen-bond acceptors (Lipinski definition) is 4. The summed E-state index contributed by atoms with van der Waals surface area (Å²) in [5, 5.41) is 10.9. The van der Waals surface area contributed by atoms with Crippen molar-refractivity contribution in [3.8, 4) is 0 Å². The highest BCUT2D eigenvalue weighted by Crippen LogP contribution is 2.50. The van der Waals surface area contributed by atoms with Crippen molar-refractivity contribution in [1.29, 1.82) is 0 Å². The molecule has 11 heteroatoms. The zero-order valence-electron chi connectivity index (χ0n) is 19.7. The lowest BCUT2D eigenvalue weighted by Crippen LogP contribution is -2.54. The molecule has 1 heterocycles. The zero-order valence-corrected chi connectivity index (χ0v) is 21.3. The molecule has 2 aromatic rings. The summed E-state index contributed by atoms with van der Waals surface area (Å²) in [6.07, 6.45) is -1.91. The van der Waals surface area contributed by atoms with Gasteiger partial charge in [-0.15, -0.1) is 0 Å². The van der Waals surface area contributed by atoms with Gasteiger partial charge in [0.15, 0.2) is 11.0 Å². The fourth-order valence-electron chi connectivity index (χ4n) is 3.76. The summed E-state index contributed by atoms with van der Waals surface area (Å²) in [6, 6.07) is 10.00. The number of anilines is 1. The van der Waals surface area contributed by atoms with Crippen molar-refractivity contribution in [2.75, 3.05) is 17.9 Å². The van der Waals surface area contributed by atoms with E-state index >= 15 is 0 Å². The smallest absolute Gasteiger partial charge is 0.372 e. The Kier molecular flexibility index (Phi) is 8.56. The fraction of sp³-hybridized carbons (Fsp3) is 0.500. The normalized spacial score (nSPS) is 18.7. The molecule has 4 nitrogen and oxygen atoms in total. The van der Waals surface area contributed by atoms with Gasteiger partial charge in [-0.05, 0) is 69.0 Å². The first-order chi connectivity index (χ1) is 16.3. The molecule has 1 aliphatic carbocycles. The highest BCUT2D eigenvalue weighted by atomic mass is 32.2. The summed E-state index contributed by atoms with van der Waals surface area (Å²) in [5.41, 5.74) is -3.52. The van der Waals surface area contributed by atoms with Gasteiger partial charge in [0, 0.05) is 18.7 Å². The third kappa shape index (κ3) is 6.18. The molecule has 0 amide bonds. The summed E-state index contributed by atoms with van der Waals surface area (Å²) < 4.78 is 85.3. The molecule has 2 aromatic carbocycles. The van der Waals surface area contributed by atoms with E-state index in [1.165, 1.54) is 23.2 Å². The van der Waals surface area contributed by atoms with E-state index in [-0.39, 0.29) is 6.92 Å². The average Bonchev–Trinajstić information content (AvgIpc) is 3.61. The van der Waals surface area contributed by atoms with Gasteiger partial charge in [-0.1, -0.05) is 41.8 Å². The maximum absolute atomic E-state index is 13.8. The maximum Gasteiger partial charge on any atom is 0.427 e. The van der Waals surface area contributed by atoms with Crippen molar-refractivity contribution >= 4 is 28.6 Å². The van der Waals surface area contributed by atoms with Crippen LogP contribution in [0.5, 0.6) is 0 Å². The lowest BCUT2D eigenvalue weighted by molar-refractivity contribution is -0.335. The predicted molar refractivity (Wildman–Crippen MR) is 130 cm³/mol. The number of fused-ring (bicyclic) bond motifs is 1. The van der Waals surface area contributed by atoms with Crippen molar-refractivity contribution in [2.45, 2.75) is 67.4 Å². The van der Waals surface area contributed by atoms with E-state index in [0.717, 1.165) is 22.9 Å². The number of aryl methyl sites for hydroxylation is 2. The van der Waals surface area contributed by atoms with Crippen LogP contribution < -0.4 is 9.03 Å². The first kappa shape index (κ1) is 27.9. The molecule has 0 saturated heterocycles. The lowest BCUT2D eigenvalue weighted by Gasteiger charge is -2.37. The second kappa shape index (κ2) is 10.7. The molecule has 0 aromatic heterocycles. The van der Waals surface area contributed by atoms with Crippen LogP contribution in [0.2, 0.25) is 0 Å². The van der Waals surface area contributed by atoms with Crippen molar-refractivity contribution in [2.24, 2.45) is 0 Å². The molecule has 4 rings (SSSR count). The molecule has 1 saturated carbocycles. The van der Waals surface area contributed by atoms with Crippen LogP contribution in [0, 0.1) is 6.92 Å². The Bertz CT molecular complexity index is 1020. The van der Waals surface area contributed by atoms with E-state index in [1.54, 1.807) is 24.3 Å². The van der Waals surface area contributed by atoms with Crippen molar-refractivity contribution in [1.82, 2.24) is 4.72 Å². The number of nitrogens with one attached hydrogen (secondary N) is 1. The molecule has 1 fully saturated rings. The van der Waals surface area contributed by atoms with Gasteiger partial charge >= 0.3 is 6.18 Å². The monoisotopic (exact) mass is 536 g/mol. The minimum absolute atomic E-state index is 0.0404. The van der Waals surface area contributed by atoms with Crippen molar-refractivity contribution in [3.63, 3.8) is 0 Å². The van der Waals surface area contributed by atoms with Gasteiger partial charge in [0.1, 0.15) is 0 Å². The lowest BCUT2D eigenvalue weighted by atomic mass is 9.85. The highest BCUT2D eigenvalue weighted by Gasteiger charge is 2.67. The van der Waals surface area contributed by atoms with Gasteiger partial charge in [0.2, 0.25) is 5.60 Å². The molecular formula is C24H29F5N2O2S2. The second-order valence-corrected chi connectivity index (χ2v) is 11.5. The third-order valence-corrected chi connectivity index (χ3v) is 8.35. The van der Waals surface area contributed by atoms with E-state index < -0.39 is 34.2 Å². The van der Waals surface area contributed by atoms with E-state index in [0.29, 0.717) is 35.5 Å². The predicted octanol–water partition coefficient (Wildman–Crippen LogP) is 5.89. The van der Waals surface area contributed by atoms with E-state index in [9.17, 15) is 31.3 Å². The van der Waals surface area contributed by atoms with Crippen LogP contribution in [-0.2, 0) is 23.0 Å². The summed E-state index contributed by atoms with van der Waals surface area (Å²) in [4.78, 5) is 0.527. The largest absolute Gasteiger partial charge is 0.427 e. The van der Waals surface area contributed by atoms with Crippen molar-refractivity contribution in [3.05, 3.63) is 59.2 Å². The van der Waals surface area contributed by atoms with E-state index in [2.05, 4.69) is 4.72 Å². The van der Waals surface area contributed by atoms with Crippen LogP contribution >= 0.6 is 11.9 Å². The van der Waals surface area contributed by atoms with Crippen LogP contribution in [0.15, 0.2) is 47.4 Å². The number of benzene rings is 2. The minimum atomic E-state index is -5.57. The Balaban J connectivity index is 0.000000497. The quantitative estimate of drug-likeness (QED) is 0.357. The SMILES string of the molecule is CNSC1CC1.Cc1ccc(S(=O)N2CCCc3cc(C(O)(C(C)(F)F)C(F)(F)F)ccc32)cc1. The number of alkyl halides is 5. The molecule has 0 spiro atoms. The first-order valence-electron chi connectivity index (χ1n) is 11.2. The van der Waals surface area contributed by atoms with Crippen LogP contribution in [0.4, 0.5) is 27.6 Å².